The maximum atomic E-state index is 13.1. The molecule has 1 aliphatic rings. The normalized spacial score (nSPS) is 17.5. The lowest BCUT2D eigenvalue weighted by atomic mass is 10.1. The fraction of sp³-hybridized carbons (Fsp3) is 0.312. The number of benzene rings is 1. The van der Waals surface area contributed by atoms with Crippen molar-refractivity contribution in [2.45, 2.75) is 13.3 Å². The summed E-state index contributed by atoms with van der Waals surface area (Å²) in [6.45, 7) is 2.40. The van der Waals surface area contributed by atoms with E-state index in [9.17, 15) is 14.0 Å². The van der Waals surface area contributed by atoms with Gasteiger partial charge in [-0.15, -0.1) is 0 Å². The highest BCUT2D eigenvalue weighted by atomic mass is 19.1. The highest BCUT2D eigenvalue weighted by Gasteiger charge is 2.33. The first-order valence-electron chi connectivity index (χ1n) is 7.28. The van der Waals surface area contributed by atoms with Crippen molar-refractivity contribution >= 4 is 11.8 Å². The second-order valence-corrected chi connectivity index (χ2v) is 5.61. The second kappa shape index (κ2) is 5.83. The summed E-state index contributed by atoms with van der Waals surface area (Å²) in [5.41, 5.74) is 6.60. The van der Waals surface area contributed by atoms with Gasteiger partial charge in [0, 0.05) is 18.7 Å². The Hall–Kier alpha value is -2.70. The quantitative estimate of drug-likeness (QED) is 0.933. The number of aryl methyl sites for hydroxylation is 1. The number of halogens is 1. The topological polar surface area (TPSA) is 89.4 Å². The van der Waals surface area contributed by atoms with Crippen LogP contribution in [0.1, 0.15) is 22.5 Å². The minimum atomic E-state index is -0.402. The van der Waals surface area contributed by atoms with Gasteiger partial charge >= 0.3 is 0 Å². The van der Waals surface area contributed by atoms with Crippen molar-refractivity contribution in [3.05, 3.63) is 41.4 Å². The average Bonchev–Trinajstić information content (AvgIpc) is 3.14. The van der Waals surface area contributed by atoms with Crippen molar-refractivity contribution in [3.8, 4) is 11.3 Å². The summed E-state index contributed by atoms with van der Waals surface area (Å²) in [7, 11) is 0. The molecule has 2 N–H and O–H groups in total. The van der Waals surface area contributed by atoms with Crippen LogP contribution in [0.15, 0.2) is 28.8 Å². The SMILES string of the molecule is Cc1onc(-c2ccc(F)cc2)c1C(=O)N1CC[C@@H](C(N)=O)C1. The third-order valence-electron chi connectivity index (χ3n) is 4.07. The number of rotatable bonds is 3. The van der Waals surface area contributed by atoms with Crippen LogP contribution < -0.4 is 5.73 Å². The van der Waals surface area contributed by atoms with Crippen molar-refractivity contribution in [2.24, 2.45) is 11.7 Å². The maximum absolute atomic E-state index is 13.1. The summed E-state index contributed by atoms with van der Waals surface area (Å²) in [4.78, 5) is 25.6. The summed E-state index contributed by atoms with van der Waals surface area (Å²) in [6, 6.07) is 5.68. The molecule has 0 radical (unpaired) electrons. The molecule has 1 aliphatic heterocycles. The number of carbonyl (C=O) groups excluding carboxylic acids is 2. The Labute approximate surface area is 132 Å². The van der Waals surface area contributed by atoms with E-state index in [1.54, 1.807) is 24.0 Å². The van der Waals surface area contributed by atoms with Gasteiger partial charge in [0.2, 0.25) is 5.91 Å². The summed E-state index contributed by atoms with van der Waals surface area (Å²) >= 11 is 0. The zero-order valence-corrected chi connectivity index (χ0v) is 12.6. The van der Waals surface area contributed by atoms with Gasteiger partial charge in [0.15, 0.2) is 0 Å². The molecule has 7 heteroatoms. The molecule has 2 amide bonds. The molecular weight excluding hydrogens is 301 g/mol. The standard InChI is InChI=1S/C16H16FN3O3/c1-9-13(16(22)20-7-6-11(8-20)15(18)21)14(19-23-9)10-2-4-12(17)5-3-10/h2-5,11H,6-8H2,1H3,(H2,18,21)/t11-/m1/s1. The fourth-order valence-corrected chi connectivity index (χ4v) is 2.76. The van der Waals surface area contributed by atoms with E-state index in [4.69, 9.17) is 10.3 Å². The Morgan fingerprint density at radius 2 is 2.04 bits per heavy atom. The number of nitrogens with zero attached hydrogens (tertiary/aromatic N) is 2. The Morgan fingerprint density at radius 3 is 2.65 bits per heavy atom. The van der Waals surface area contributed by atoms with Crippen LogP contribution in [0.3, 0.4) is 0 Å². The molecule has 2 aromatic rings. The number of likely N-dealkylation sites (tertiary alicyclic amines) is 1. The minimum Gasteiger partial charge on any atom is -0.369 e. The molecule has 2 heterocycles. The number of aromatic nitrogens is 1. The van der Waals surface area contributed by atoms with Crippen LogP contribution in [-0.2, 0) is 4.79 Å². The van der Waals surface area contributed by atoms with Crippen LogP contribution in [-0.4, -0.2) is 35.0 Å². The number of hydrogen-bond donors (Lipinski definition) is 1. The number of amides is 2. The van der Waals surface area contributed by atoms with Gasteiger partial charge in [-0.05, 0) is 37.6 Å². The van der Waals surface area contributed by atoms with Gasteiger partial charge in [0.1, 0.15) is 22.8 Å². The molecule has 6 nitrogen and oxygen atoms in total. The van der Waals surface area contributed by atoms with Crippen molar-refractivity contribution in [3.63, 3.8) is 0 Å². The highest BCUT2D eigenvalue weighted by Crippen LogP contribution is 2.28. The third-order valence-corrected chi connectivity index (χ3v) is 4.07. The predicted octanol–water partition coefficient (Wildman–Crippen LogP) is 1.74. The number of hydrogen-bond acceptors (Lipinski definition) is 4. The molecule has 1 aromatic heterocycles. The third kappa shape index (κ3) is 2.81. The molecule has 1 fully saturated rings. The molecule has 1 aromatic carbocycles. The van der Waals surface area contributed by atoms with Crippen LogP contribution >= 0.6 is 0 Å². The minimum absolute atomic E-state index is 0.258. The number of nitrogens with two attached hydrogens (primary N) is 1. The largest absolute Gasteiger partial charge is 0.369 e. The van der Waals surface area contributed by atoms with Gasteiger partial charge in [0.25, 0.3) is 5.91 Å². The van der Waals surface area contributed by atoms with E-state index in [2.05, 4.69) is 5.16 Å². The van der Waals surface area contributed by atoms with Crippen molar-refractivity contribution in [1.82, 2.24) is 10.1 Å². The van der Waals surface area contributed by atoms with E-state index in [0.29, 0.717) is 42.1 Å². The smallest absolute Gasteiger partial charge is 0.259 e. The van der Waals surface area contributed by atoms with Crippen molar-refractivity contribution in [2.75, 3.05) is 13.1 Å². The van der Waals surface area contributed by atoms with Crippen LogP contribution in [0.2, 0.25) is 0 Å². The van der Waals surface area contributed by atoms with Gasteiger partial charge in [-0.1, -0.05) is 5.16 Å². The molecule has 0 spiro atoms. The van der Waals surface area contributed by atoms with E-state index >= 15 is 0 Å². The van der Waals surface area contributed by atoms with E-state index in [1.165, 1.54) is 12.1 Å². The Balaban J connectivity index is 1.91. The summed E-state index contributed by atoms with van der Waals surface area (Å²) in [5.74, 6) is -0.969. The zero-order valence-electron chi connectivity index (χ0n) is 12.6. The lowest BCUT2D eigenvalue weighted by Crippen LogP contribution is -2.32. The Bertz CT molecular complexity index is 754. The van der Waals surface area contributed by atoms with Crippen LogP contribution in [0.5, 0.6) is 0 Å². The van der Waals surface area contributed by atoms with Gasteiger partial charge < -0.3 is 15.2 Å². The van der Waals surface area contributed by atoms with Crippen LogP contribution in [0, 0.1) is 18.7 Å². The Kier molecular flexibility index (Phi) is 3.85. The first kappa shape index (κ1) is 15.2. The van der Waals surface area contributed by atoms with E-state index < -0.39 is 5.91 Å². The fourth-order valence-electron chi connectivity index (χ4n) is 2.76. The predicted molar refractivity (Wildman–Crippen MR) is 79.8 cm³/mol. The molecule has 0 aliphatic carbocycles. The highest BCUT2D eigenvalue weighted by molar-refractivity contribution is 6.01. The van der Waals surface area contributed by atoms with Gasteiger partial charge in [-0.3, -0.25) is 9.59 Å². The Morgan fingerprint density at radius 1 is 1.35 bits per heavy atom. The van der Waals surface area contributed by atoms with E-state index in [1.807, 2.05) is 0 Å². The molecule has 0 bridgehead atoms. The molecule has 120 valence electrons. The van der Waals surface area contributed by atoms with Crippen LogP contribution in [0.25, 0.3) is 11.3 Å². The first-order valence-corrected chi connectivity index (χ1v) is 7.28. The van der Waals surface area contributed by atoms with Crippen molar-refractivity contribution < 1.29 is 18.5 Å². The molecule has 3 rings (SSSR count). The number of carbonyl (C=O) groups is 2. The summed E-state index contributed by atoms with van der Waals surface area (Å²) < 4.78 is 18.2. The van der Waals surface area contributed by atoms with E-state index in [-0.39, 0.29) is 17.6 Å². The average molecular weight is 317 g/mol. The molecular formula is C16H16FN3O3. The monoisotopic (exact) mass is 317 g/mol. The molecule has 1 atom stereocenters. The summed E-state index contributed by atoms with van der Waals surface area (Å²) in [6.07, 6.45) is 0.553. The number of primary amides is 1. The van der Waals surface area contributed by atoms with Crippen molar-refractivity contribution in [1.29, 1.82) is 0 Å². The van der Waals surface area contributed by atoms with Gasteiger partial charge in [-0.2, -0.15) is 0 Å². The van der Waals surface area contributed by atoms with Gasteiger partial charge in [-0.25, -0.2) is 4.39 Å². The summed E-state index contributed by atoms with van der Waals surface area (Å²) in [5, 5.41) is 3.93. The van der Waals surface area contributed by atoms with E-state index in [0.717, 1.165) is 0 Å². The maximum Gasteiger partial charge on any atom is 0.259 e. The molecule has 0 unspecified atom stereocenters. The first-order chi connectivity index (χ1) is 11.0. The lowest BCUT2D eigenvalue weighted by Gasteiger charge is -2.16. The second-order valence-electron chi connectivity index (χ2n) is 5.61. The van der Waals surface area contributed by atoms with Gasteiger partial charge in [0.05, 0.1) is 5.92 Å². The van der Waals surface area contributed by atoms with Crippen LogP contribution in [0.4, 0.5) is 4.39 Å². The molecule has 1 saturated heterocycles. The molecule has 0 saturated carbocycles. The zero-order chi connectivity index (χ0) is 16.6. The lowest BCUT2D eigenvalue weighted by molar-refractivity contribution is -0.121. The molecule has 23 heavy (non-hydrogen) atoms.